The van der Waals surface area contributed by atoms with E-state index < -0.39 is 0 Å². The van der Waals surface area contributed by atoms with Crippen molar-refractivity contribution in [2.24, 2.45) is 0 Å². The van der Waals surface area contributed by atoms with Gasteiger partial charge in [0.05, 0.1) is 12.2 Å². The third kappa shape index (κ3) is 3.86. The summed E-state index contributed by atoms with van der Waals surface area (Å²) in [5, 5.41) is 5.69. The molecule has 2 aromatic rings. The van der Waals surface area contributed by atoms with Crippen LogP contribution in [0.4, 0.5) is 4.39 Å². The summed E-state index contributed by atoms with van der Waals surface area (Å²) in [4.78, 5) is 1.36. The monoisotopic (exact) mass is 375 g/mol. The molecule has 0 amide bonds. The average molecular weight is 376 g/mol. The fourth-order valence-corrected chi connectivity index (χ4v) is 5.10. The molecule has 1 aromatic carbocycles. The van der Waals surface area contributed by atoms with Gasteiger partial charge >= 0.3 is 0 Å². The van der Waals surface area contributed by atoms with Crippen LogP contribution in [-0.2, 0) is 21.4 Å². The van der Waals surface area contributed by atoms with Gasteiger partial charge in [-0.1, -0.05) is 18.2 Å². The van der Waals surface area contributed by atoms with Gasteiger partial charge in [0, 0.05) is 36.5 Å². The van der Waals surface area contributed by atoms with Gasteiger partial charge < -0.3 is 14.8 Å². The van der Waals surface area contributed by atoms with Crippen molar-refractivity contribution in [2.45, 2.75) is 43.2 Å². The first kappa shape index (κ1) is 18.1. The number of hydrogen-bond donors (Lipinski definition) is 1. The number of benzene rings is 1. The molecule has 3 nitrogen and oxygen atoms in total. The van der Waals surface area contributed by atoms with Gasteiger partial charge in [-0.15, -0.1) is 11.3 Å². The molecule has 2 unspecified atom stereocenters. The van der Waals surface area contributed by atoms with Gasteiger partial charge in [-0.2, -0.15) is 0 Å². The van der Waals surface area contributed by atoms with E-state index in [1.807, 2.05) is 12.1 Å². The Morgan fingerprint density at radius 1 is 1.12 bits per heavy atom. The maximum Gasteiger partial charge on any atom is 0.123 e. The molecule has 2 fully saturated rings. The number of ether oxygens (including phenoxy) is 2. The summed E-state index contributed by atoms with van der Waals surface area (Å²) in [5.41, 5.74) is 1.08. The van der Waals surface area contributed by atoms with E-state index >= 15 is 0 Å². The minimum absolute atomic E-state index is 0.0160. The van der Waals surface area contributed by atoms with Crippen molar-refractivity contribution < 1.29 is 13.9 Å². The second-order valence-corrected chi connectivity index (χ2v) is 8.59. The fraction of sp³-hybridized carbons (Fsp3) is 0.524. The molecule has 2 saturated heterocycles. The summed E-state index contributed by atoms with van der Waals surface area (Å²) in [6, 6.07) is 11.3. The Hall–Kier alpha value is -1.27. The second-order valence-electron chi connectivity index (χ2n) is 7.55. The van der Waals surface area contributed by atoms with Crippen molar-refractivity contribution in [3.63, 3.8) is 0 Å². The van der Waals surface area contributed by atoms with E-state index in [2.05, 4.69) is 22.8 Å². The van der Waals surface area contributed by atoms with Crippen molar-refractivity contribution >= 4 is 11.3 Å². The molecule has 2 aliphatic rings. The lowest BCUT2D eigenvalue weighted by atomic mass is 9.66. The molecule has 1 aromatic heterocycles. The molecule has 2 aliphatic heterocycles. The Kier molecular flexibility index (Phi) is 5.41. The van der Waals surface area contributed by atoms with E-state index in [0.717, 1.165) is 52.0 Å². The predicted octanol–water partition coefficient (Wildman–Crippen LogP) is 4.27. The molecule has 0 bridgehead atoms. The Bertz CT molecular complexity index is 697. The summed E-state index contributed by atoms with van der Waals surface area (Å²) >= 11 is 1.78. The van der Waals surface area contributed by atoms with E-state index in [9.17, 15) is 4.39 Å². The smallest absolute Gasteiger partial charge is 0.123 e. The molecule has 0 saturated carbocycles. The quantitative estimate of drug-likeness (QED) is 0.765. The van der Waals surface area contributed by atoms with Crippen molar-refractivity contribution in [3.8, 4) is 0 Å². The van der Waals surface area contributed by atoms with E-state index in [4.69, 9.17) is 9.47 Å². The summed E-state index contributed by atoms with van der Waals surface area (Å²) in [5.74, 6) is -0.175. The van der Waals surface area contributed by atoms with Gasteiger partial charge in [-0.05, 0) is 54.9 Å². The summed E-state index contributed by atoms with van der Waals surface area (Å²) in [6.07, 6.45) is 3.90. The molecule has 4 rings (SSSR count). The first-order valence-corrected chi connectivity index (χ1v) is 10.3. The number of hydrogen-bond acceptors (Lipinski definition) is 4. The van der Waals surface area contributed by atoms with Crippen LogP contribution in [-0.4, -0.2) is 32.0 Å². The minimum Gasteiger partial charge on any atom is -0.378 e. The number of halogens is 1. The predicted molar refractivity (Wildman–Crippen MR) is 102 cm³/mol. The van der Waals surface area contributed by atoms with Crippen molar-refractivity contribution in [1.29, 1.82) is 0 Å². The maximum absolute atomic E-state index is 13.5. The lowest BCUT2D eigenvalue weighted by molar-refractivity contribution is -0.108. The average Bonchev–Trinajstić information content (AvgIpc) is 3.32. The molecular weight excluding hydrogens is 349 g/mol. The van der Waals surface area contributed by atoms with E-state index in [0.29, 0.717) is 6.61 Å². The zero-order valence-electron chi connectivity index (χ0n) is 15.0. The van der Waals surface area contributed by atoms with Crippen LogP contribution in [0.15, 0.2) is 41.8 Å². The van der Waals surface area contributed by atoms with Crippen LogP contribution in [0.25, 0.3) is 0 Å². The normalized spacial score (nSPS) is 28.7. The Morgan fingerprint density at radius 2 is 2.00 bits per heavy atom. The van der Waals surface area contributed by atoms with Crippen molar-refractivity contribution in [3.05, 3.63) is 58.0 Å². The zero-order valence-corrected chi connectivity index (χ0v) is 15.8. The molecule has 26 heavy (non-hydrogen) atoms. The molecule has 140 valence electrons. The molecule has 2 atom stereocenters. The van der Waals surface area contributed by atoms with Gasteiger partial charge in [-0.25, -0.2) is 4.39 Å². The summed E-state index contributed by atoms with van der Waals surface area (Å²) in [7, 11) is 0. The van der Waals surface area contributed by atoms with Crippen LogP contribution in [0.1, 0.15) is 36.1 Å². The molecule has 5 heteroatoms. The van der Waals surface area contributed by atoms with E-state index in [1.165, 1.54) is 10.4 Å². The fourth-order valence-electron chi connectivity index (χ4n) is 4.42. The van der Waals surface area contributed by atoms with Crippen LogP contribution < -0.4 is 5.32 Å². The molecular formula is C21H26FNO2S. The molecule has 0 radical (unpaired) electrons. The maximum atomic E-state index is 13.5. The van der Waals surface area contributed by atoms with Gasteiger partial charge in [0.15, 0.2) is 0 Å². The highest BCUT2D eigenvalue weighted by Crippen LogP contribution is 2.46. The summed E-state index contributed by atoms with van der Waals surface area (Å²) in [6.45, 7) is 4.04. The number of thiophene rings is 1. The highest BCUT2D eigenvalue weighted by molar-refractivity contribution is 7.09. The SMILES string of the molecule is Fc1ccc(C2(CCNCc3cccs3)CCOC3(CCOC3)C2)cc1. The van der Waals surface area contributed by atoms with Crippen LogP contribution in [0, 0.1) is 5.82 Å². The van der Waals surface area contributed by atoms with Crippen molar-refractivity contribution in [1.82, 2.24) is 5.32 Å². The molecule has 3 heterocycles. The van der Waals surface area contributed by atoms with Crippen LogP contribution in [0.3, 0.4) is 0 Å². The lowest BCUT2D eigenvalue weighted by Gasteiger charge is -2.46. The first-order valence-electron chi connectivity index (χ1n) is 9.41. The number of rotatable bonds is 6. The van der Waals surface area contributed by atoms with Gasteiger partial charge in [-0.3, -0.25) is 0 Å². The van der Waals surface area contributed by atoms with Crippen LogP contribution in [0.2, 0.25) is 0 Å². The molecule has 1 spiro atoms. The van der Waals surface area contributed by atoms with Gasteiger partial charge in [0.2, 0.25) is 0 Å². The largest absolute Gasteiger partial charge is 0.378 e. The zero-order chi connectivity index (χ0) is 17.9. The first-order chi connectivity index (χ1) is 12.7. The van der Waals surface area contributed by atoms with Crippen LogP contribution in [0.5, 0.6) is 0 Å². The Labute approximate surface area is 158 Å². The standard InChI is InChI=1S/C21H26FNO2S/c22-18-5-3-17(4-6-18)20(7-10-23-14-19-2-1-13-26-19)8-12-25-21(15-20)9-11-24-16-21/h1-6,13,23H,7-12,14-16H2. The third-order valence-corrected chi connectivity index (χ3v) is 6.71. The summed E-state index contributed by atoms with van der Waals surface area (Å²) < 4.78 is 25.3. The molecule has 1 N–H and O–H groups in total. The van der Waals surface area contributed by atoms with Gasteiger partial charge in [0.25, 0.3) is 0 Å². The van der Waals surface area contributed by atoms with Crippen LogP contribution >= 0.6 is 11.3 Å². The Balaban J connectivity index is 1.50. The van der Waals surface area contributed by atoms with Crippen molar-refractivity contribution in [2.75, 3.05) is 26.4 Å². The lowest BCUT2D eigenvalue weighted by Crippen LogP contribution is -2.49. The minimum atomic E-state index is -0.175. The van der Waals surface area contributed by atoms with Gasteiger partial charge in [0.1, 0.15) is 5.82 Å². The second kappa shape index (κ2) is 7.77. The number of nitrogens with one attached hydrogen (secondary N) is 1. The Morgan fingerprint density at radius 3 is 2.73 bits per heavy atom. The van der Waals surface area contributed by atoms with E-state index in [1.54, 1.807) is 23.5 Å². The molecule has 0 aliphatic carbocycles. The highest BCUT2D eigenvalue weighted by atomic mass is 32.1. The third-order valence-electron chi connectivity index (χ3n) is 5.83. The topological polar surface area (TPSA) is 30.5 Å². The van der Waals surface area contributed by atoms with E-state index in [-0.39, 0.29) is 16.8 Å². The highest BCUT2D eigenvalue weighted by Gasteiger charge is 2.48.